The maximum atomic E-state index is 12.7. The van der Waals surface area contributed by atoms with Gasteiger partial charge >= 0.3 is 0 Å². The predicted molar refractivity (Wildman–Crippen MR) is 105 cm³/mol. The number of pyridine rings is 1. The number of carbonyl (C=O) groups is 1. The fraction of sp³-hybridized carbons (Fsp3) is 0.455. The highest BCUT2D eigenvalue weighted by molar-refractivity contribution is 5.94. The highest BCUT2D eigenvalue weighted by atomic mass is 16.5. The Kier molecular flexibility index (Phi) is 6.69. The topological polar surface area (TPSA) is 51.7 Å². The van der Waals surface area contributed by atoms with Crippen molar-refractivity contribution in [1.82, 2.24) is 9.88 Å². The van der Waals surface area contributed by atoms with Crippen molar-refractivity contribution >= 4 is 5.91 Å². The van der Waals surface area contributed by atoms with Crippen LogP contribution in [0.3, 0.4) is 0 Å². The Morgan fingerprint density at radius 2 is 1.81 bits per heavy atom. The Bertz CT molecular complexity index is 720. The number of amides is 1. The molecular weight excluding hydrogens is 340 g/mol. The van der Waals surface area contributed by atoms with Crippen molar-refractivity contribution in [3.05, 3.63) is 53.9 Å². The van der Waals surface area contributed by atoms with E-state index in [2.05, 4.69) is 11.9 Å². The first kappa shape index (κ1) is 19.2. The smallest absolute Gasteiger partial charge is 0.253 e. The number of hydrogen-bond acceptors (Lipinski definition) is 4. The molecule has 1 aliphatic rings. The van der Waals surface area contributed by atoms with Crippen molar-refractivity contribution in [3.63, 3.8) is 0 Å². The molecule has 0 atom stereocenters. The SMILES string of the molecule is CCCCOc1ccc(C(=O)N2CCC(Oc3ccc(C)nc3)CC2)cc1. The summed E-state index contributed by atoms with van der Waals surface area (Å²) >= 11 is 0. The van der Waals surface area contributed by atoms with Crippen LogP contribution in [0.15, 0.2) is 42.6 Å². The van der Waals surface area contributed by atoms with Crippen LogP contribution in [0.25, 0.3) is 0 Å². The lowest BCUT2D eigenvalue weighted by molar-refractivity contribution is 0.0595. The van der Waals surface area contributed by atoms with Crippen LogP contribution >= 0.6 is 0 Å². The Labute approximate surface area is 161 Å². The van der Waals surface area contributed by atoms with E-state index >= 15 is 0 Å². The molecule has 5 nitrogen and oxygen atoms in total. The standard InChI is InChI=1S/C22H28N2O3/c1-3-4-15-26-19-9-6-18(7-10-19)22(25)24-13-11-20(12-14-24)27-21-8-5-17(2)23-16-21/h5-10,16,20H,3-4,11-15H2,1-2H3. The summed E-state index contributed by atoms with van der Waals surface area (Å²) < 4.78 is 11.6. The first-order valence-electron chi connectivity index (χ1n) is 9.77. The van der Waals surface area contributed by atoms with Crippen molar-refractivity contribution < 1.29 is 14.3 Å². The molecule has 27 heavy (non-hydrogen) atoms. The zero-order valence-electron chi connectivity index (χ0n) is 16.2. The number of ether oxygens (including phenoxy) is 2. The largest absolute Gasteiger partial charge is 0.494 e. The van der Waals surface area contributed by atoms with Crippen molar-refractivity contribution in [2.75, 3.05) is 19.7 Å². The number of rotatable bonds is 7. The maximum Gasteiger partial charge on any atom is 0.253 e. The van der Waals surface area contributed by atoms with Gasteiger partial charge in [-0.3, -0.25) is 9.78 Å². The average molecular weight is 368 g/mol. The lowest BCUT2D eigenvalue weighted by Gasteiger charge is -2.32. The van der Waals surface area contributed by atoms with Gasteiger partial charge in [-0.05, 0) is 49.7 Å². The number of piperidine rings is 1. The lowest BCUT2D eigenvalue weighted by atomic mass is 10.1. The number of nitrogens with zero attached hydrogens (tertiary/aromatic N) is 2. The van der Waals surface area contributed by atoms with Crippen LogP contribution in [0.4, 0.5) is 0 Å². The predicted octanol–water partition coefficient (Wildman–Crippen LogP) is 4.25. The second-order valence-corrected chi connectivity index (χ2v) is 6.97. The van der Waals surface area contributed by atoms with Gasteiger partial charge in [0.2, 0.25) is 0 Å². The third-order valence-electron chi connectivity index (χ3n) is 4.78. The minimum absolute atomic E-state index is 0.0746. The molecule has 2 aromatic rings. The summed E-state index contributed by atoms with van der Waals surface area (Å²) in [5.74, 6) is 1.69. The van der Waals surface area contributed by atoms with E-state index in [4.69, 9.17) is 9.47 Å². The van der Waals surface area contributed by atoms with Crippen LogP contribution in [0.2, 0.25) is 0 Å². The van der Waals surface area contributed by atoms with E-state index < -0.39 is 0 Å². The van der Waals surface area contributed by atoms with Crippen molar-refractivity contribution in [2.45, 2.75) is 45.6 Å². The van der Waals surface area contributed by atoms with Gasteiger partial charge in [0.25, 0.3) is 5.91 Å². The number of hydrogen-bond donors (Lipinski definition) is 0. The molecule has 1 aromatic heterocycles. The molecule has 1 amide bonds. The van der Waals surface area contributed by atoms with Crippen molar-refractivity contribution in [3.8, 4) is 11.5 Å². The van der Waals surface area contributed by atoms with Crippen LogP contribution in [0.5, 0.6) is 11.5 Å². The highest BCUT2D eigenvalue weighted by Gasteiger charge is 2.24. The second-order valence-electron chi connectivity index (χ2n) is 6.97. The molecule has 0 bridgehead atoms. The zero-order valence-corrected chi connectivity index (χ0v) is 16.2. The Balaban J connectivity index is 1.48. The van der Waals surface area contributed by atoms with Gasteiger partial charge in [0, 0.05) is 37.2 Å². The Morgan fingerprint density at radius 1 is 1.11 bits per heavy atom. The van der Waals surface area contributed by atoms with E-state index in [9.17, 15) is 4.79 Å². The van der Waals surface area contributed by atoms with Gasteiger partial charge in [-0.25, -0.2) is 0 Å². The third kappa shape index (κ3) is 5.46. The molecule has 1 aromatic carbocycles. The van der Waals surface area contributed by atoms with E-state index in [1.54, 1.807) is 6.20 Å². The molecule has 0 spiro atoms. The van der Waals surface area contributed by atoms with Gasteiger partial charge in [-0.15, -0.1) is 0 Å². The summed E-state index contributed by atoms with van der Waals surface area (Å²) in [5, 5.41) is 0. The number of benzene rings is 1. The number of carbonyl (C=O) groups excluding carboxylic acids is 1. The molecule has 1 aliphatic heterocycles. The summed E-state index contributed by atoms with van der Waals surface area (Å²) in [5.41, 5.74) is 1.68. The summed E-state index contributed by atoms with van der Waals surface area (Å²) in [7, 11) is 0. The van der Waals surface area contributed by atoms with E-state index in [0.717, 1.165) is 42.9 Å². The normalized spacial score (nSPS) is 14.8. The highest BCUT2D eigenvalue weighted by Crippen LogP contribution is 2.21. The van der Waals surface area contributed by atoms with Gasteiger partial charge < -0.3 is 14.4 Å². The van der Waals surface area contributed by atoms with Gasteiger partial charge in [-0.1, -0.05) is 13.3 Å². The Morgan fingerprint density at radius 3 is 2.44 bits per heavy atom. The van der Waals surface area contributed by atoms with Crippen LogP contribution in [0.1, 0.15) is 48.7 Å². The molecule has 0 N–H and O–H groups in total. The molecule has 1 saturated heterocycles. The lowest BCUT2D eigenvalue weighted by Crippen LogP contribution is -2.41. The first-order chi connectivity index (χ1) is 13.2. The van der Waals surface area contributed by atoms with Crippen molar-refractivity contribution in [1.29, 1.82) is 0 Å². The molecule has 1 fully saturated rings. The maximum absolute atomic E-state index is 12.7. The van der Waals surface area contributed by atoms with Crippen LogP contribution in [-0.4, -0.2) is 41.6 Å². The van der Waals surface area contributed by atoms with E-state index in [1.807, 2.05) is 48.2 Å². The number of aromatic nitrogens is 1. The average Bonchev–Trinajstić information content (AvgIpc) is 2.70. The van der Waals surface area contributed by atoms with Crippen LogP contribution in [0, 0.1) is 6.92 Å². The molecule has 144 valence electrons. The quantitative estimate of drug-likeness (QED) is 0.686. The van der Waals surface area contributed by atoms with Gasteiger partial charge in [0.1, 0.15) is 17.6 Å². The molecular formula is C22H28N2O3. The second kappa shape index (κ2) is 9.40. The van der Waals surface area contributed by atoms with E-state index in [1.165, 1.54) is 0 Å². The first-order valence-corrected chi connectivity index (χ1v) is 9.77. The number of unbranched alkanes of at least 4 members (excludes halogenated alkanes) is 1. The van der Waals surface area contributed by atoms with Crippen molar-refractivity contribution in [2.24, 2.45) is 0 Å². The fourth-order valence-electron chi connectivity index (χ4n) is 3.10. The van der Waals surface area contributed by atoms with Crippen LogP contribution < -0.4 is 9.47 Å². The van der Waals surface area contributed by atoms with Gasteiger partial charge in [0.05, 0.1) is 12.8 Å². The zero-order chi connectivity index (χ0) is 19.1. The minimum Gasteiger partial charge on any atom is -0.494 e. The summed E-state index contributed by atoms with van der Waals surface area (Å²) in [6.45, 7) is 6.22. The molecule has 0 radical (unpaired) electrons. The summed E-state index contributed by atoms with van der Waals surface area (Å²) in [6.07, 6.45) is 5.70. The van der Waals surface area contributed by atoms with Gasteiger partial charge in [0.15, 0.2) is 0 Å². The van der Waals surface area contributed by atoms with Crippen LogP contribution in [-0.2, 0) is 0 Å². The summed E-state index contributed by atoms with van der Waals surface area (Å²) in [6, 6.07) is 11.4. The minimum atomic E-state index is 0.0746. The molecule has 0 saturated carbocycles. The molecule has 3 rings (SSSR count). The number of likely N-dealkylation sites (tertiary alicyclic amines) is 1. The number of aryl methyl sites for hydroxylation is 1. The molecule has 0 unspecified atom stereocenters. The molecule has 5 heteroatoms. The molecule has 2 heterocycles. The molecule has 0 aliphatic carbocycles. The van der Waals surface area contributed by atoms with E-state index in [0.29, 0.717) is 25.3 Å². The fourth-order valence-corrected chi connectivity index (χ4v) is 3.10. The van der Waals surface area contributed by atoms with Gasteiger partial charge in [-0.2, -0.15) is 0 Å². The Hall–Kier alpha value is -2.56. The third-order valence-corrected chi connectivity index (χ3v) is 4.78. The van der Waals surface area contributed by atoms with E-state index in [-0.39, 0.29) is 12.0 Å². The monoisotopic (exact) mass is 368 g/mol. The summed E-state index contributed by atoms with van der Waals surface area (Å²) in [4.78, 5) is 18.9.